The number of pyridine rings is 1. The first-order valence-corrected chi connectivity index (χ1v) is 3.63. The van der Waals surface area contributed by atoms with Crippen LogP contribution in [0.25, 0.3) is 0 Å². The Bertz CT molecular complexity index is 381. The van der Waals surface area contributed by atoms with Crippen molar-refractivity contribution in [1.29, 1.82) is 0 Å². The summed E-state index contributed by atoms with van der Waals surface area (Å²) in [5, 5.41) is 10.4. The highest BCUT2D eigenvalue weighted by Crippen LogP contribution is 2.30. The molecule has 1 aromatic rings. The molecule has 0 bridgehead atoms. The maximum Gasteiger partial charge on any atom is 0.296 e. The summed E-state index contributed by atoms with van der Waals surface area (Å²) in [5.74, 6) is 0. The Morgan fingerprint density at radius 3 is 2.64 bits per heavy atom. The van der Waals surface area contributed by atoms with E-state index in [0.717, 1.165) is 6.07 Å². The predicted molar refractivity (Wildman–Crippen MR) is 45.0 cm³/mol. The lowest BCUT2D eigenvalue weighted by molar-refractivity contribution is -0.384. The van der Waals surface area contributed by atoms with E-state index in [1.807, 2.05) is 0 Å². The van der Waals surface area contributed by atoms with Crippen LogP contribution < -0.4 is 5.73 Å². The van der Waals surface area contributed by atoms with E-state index in [4.69, 9.17) is 5.73 Å². The molecule has 0 aromatic carbocycles. The maximum absolute atomic E-state index is 12.3. The smallest absolute Gasteiger partial charge is 0.296 e. The first-order valence-electron chi connectivity index (χ1n) is 3.63. The average Bonchev–Trinajstić information content (AvgIpc) is 2.07. The normalized spacial score (nSPS) is 10.6. The highest BCUT2D eigenvalue weighted by atomic mass is 19.3. The highest BCUT2D eigenvalue weighted by Gasteiger charge is 2.22. The zero-order valence-corrected chi connectivity index (χ0v) is 7.20. The first kappa shape index (κ1) is 10.3. The van der Waals surface area contributed by atoms with Crippen molar-refractivity contribution in [3.05, 3.63) is 27.6 Å². The molecule has 14 heavy (non-hydrogen) atoms. The van der Waals surface area contributed by atoms with Gasteiger partial charge in [-0.05, 0) is 6.92 Å². The van der Waals surface area contributed by atoms with Crippen LogP contribution in [0, 0.1) is 17.0 Å². The molecule has 0 aliphatic rings. The fourth-order valence-electron chi connectivity index (χ4n) is 1.01. The zero-order chi connectivity index (χ0) is 10.9. The fraction of sp³-hybridized carbons (Fsp3) is 0.286. The molecule has 0 fully saturated rings. The number of anilines is 1. The summed E-state index contributed by atoms with van der Waals surface area (Å²) < 4.78 is 24.6. The van der Waals surface area contributed by atoms with E-state index < -0.39 is 28.4 Å². The van der Waals surface area contributed by atoms with E-state index in [1.165, 1.54) is 6.92 Å². The van der Waals surface area contributed by atoms with Gasteiger partial charge in [0.15, 0.2) is 0 Å². The van der Waals surface area contributed by atoms with Crippen LogP contribution in [0.3, 0.4) is 0 Å². The average molecular weight is 203 g/mol. The van der Waals surface area contributed by atoms with Gasteiger partial charge in [0.05, 0.1) is 4.92 Å². The molecule has 0 amide bonds. The summed E-state index contributed by atoms with van der Waals surface area (Å²) in [4.78, 5) is 13.0. The summed E-state index contributed by atoms with van der Waals surface area (Å²) in [6.45, 7) is 1.39. The number of rotatable bonds is 2. The van der Waals surface area contributed by atoms with Crippen molar-refractivity contribution in [2.24, 2.45) is 0 Å². The number of alkyl halides is 2. The van der Waals surface area contributed by atoms with E-state index in [0.29, 0.717) is 0 Å². The Labute approximate surface area is 77.7 Å². The van der Waals surface area contributed by atoms with Crippen LogP contribution in [-0.4, -0.2) is 9.91 Å². The number of nitrogens with zero attached hydrogens (tertiary/aromatic N) is 2. The van der Waals surface area contributed by atoms with Gasteiger partial charge in [-0.25, -0.2) is 13.8 Å². The number of hydrogen-bond acceptors (Lipinski definition) is 4. The van der Waals surface area contributed by atoms with Gasteiger partial charge in [0, 0.05) is 11.8 Å². The van der Waals surface area contributed by atoms with Crippen molar-refractivity contribution in [2.45, 2.75) is 13.3 Å². The number of halogens is 2. The third kappa shape index (κ3) is 1.76. The Hall–Kier alpha value is -1.79. The van der Waals surface area contributed by atoms with Gasteiger partial charge in [-0.15, -0.1) is 0 Å². The van der Waals surface area contributed by atoms with Gasteiger partial charge in [0.2, 0.25) is 0 Å². The number of nitrogens with two attached hydrogens (primary N) is 1. The molecule has 2 N–H and O–H groups in total. The van der Waals surface area contributed by atoms with Gasteiger partial charge in [-0.1, -0.05) is 0 Å². The van der Waals surface area contributed by atoms with Crippen LogP contribution in [0.15, 0.2) is 6.07 Å². The number of aromatic nitrogens is 1. The molecule has 0 saturated carbocycles. The second-order valence-electron chi connectivity index (χ2n) is 2.64. The Morgan fingerprint density at radius 1 is 1.64 bits per heavy atom. The monoisotopic (exact) mass is 203 g/mol. The largest absolute Gasteiger partial charge is 0.391 e. The lowest BCUT2D eigenvalue weighted by Crippen LogP contribution is -2.04. The number of hydrogen-bond donors (Lipinski definition) is 1. The molecule has 0 unspecified atom stereocenters. The summed E-state index contributed by atoms with van der Waals surface area (Å²) in [7, 11) is 0. The molecule has 76 valence electrons. The summed E-state index contributed by atoms with van der Waals surface area (Å²) in [6, 6.07) is 1.06. The Kier molecular flexibility index (Phi) is 2.59. The van der Waals surface area contributed by atoms with Gasteiger partial charge in [-0.2, -0.15) is 0 Å². The van der Waals surface area contributed by atoms with E-state index in [-0.39, 0.29) is 5.69 Å². The Morgan fingerprint density at radius 2 is 2.21 bits per heavy atom. The molecule has 0 radical (unpaired) electrons. The summed E-state index contributed by atoms with van der Waals surface area (Å²) in [6.07, 6.45) is -2.91. The second-order valence-corrected chi connectivity index (χ2v) is 2.64. The minimum atomic E-state index is -2.91. The van der Waals surface area contributed by atoms with E-state index in [1.54, 1.807) is 0 Å². The molecule has 0 aliphatic carbocycles. The van der Waals surface area contributed by atoms with Crippen molar-refractivity contribution in [3.63, 3.8) is 0 Å². The van der Waals surface area contributed by atoms with Crippen molar-refractivity contribution in [2.75, 3.05) is 5.73 Å². The minimum absolute atomic E-state index is 0.140. The summed E-state index contributed by atoms with van der Waals surface area (Å²) in [5.41, 5.74) is 3.46. The van der Waals surface area contributed by atoms with Gasteiger partial charge in [0.1, 0.15) is 11.4 Å². The third-order valence-electron chi connectivity index (χ3n) is 1.60. The number of nitro groups is 1. The molecule has 0 aliphatic heterocycles. The van der Waals surface area contributed by atoms with Crippen LogP contribution in [0.5, 0.6) is 0 Å². The molecule has 1 heterocycles. The highest BCUT2D eigenvalue weighted by molar-refractivity contribution is 5.61. The first-order chi connectivity index (χ1) is 6.43. The van der Waals surface area contributed by atoms with Crippen molar-refractivity contribution < 1.29 is 13.7 Å². The van der Waals surface area contributed by atoms with Crippen molar-refractivity contribution >= 4 is 11.4 Å². The fourth-order valence-corrected chi connectivity index (χ4v) is 1.01. The van der Waals surface area contributed by atoms with Gasteiger partial charge in [0.25, 0.3) is 12.1 Å². The Balaban J connectivity index is 3.40. The van der Waals surface area contributed by atoms with Gasteiger partial charge in [-0.3, -0.25) is 10.1 Å². The predicted octanol–water partition coefficient (Wildman–Crippen LogP) is 1.82. The molecule has 0 spiro atoms. The van der Waals surface area contributed by atoms with Crippen molar-refractivity contribution in [3.8, 4) is 0 Å². The zero-order valence-electron chi connectivity index (χ0n) is 7.20. The quantitative estimate of drug-likeness (QED) is 0.587. The molecule has 1 aromatic heterocycles. The van der Waals surface area contributed by atoms with Gasteiger partial charge >= 0.3 is 0 Å². The van der Waals surface area contributed by atoms with E-state index in [9.17, 15) is 18.9 Å². The van der Waals surface area contributed by atoms with Crippen LogP contribution >= 0.6 is 0 Å². The van der Waals surface area contributed by atoms with Crippen LogP contribution in [-0.2, 0) is 0 Å². The van der Waals surface area contributed by atoms with Crippen LogP contribution in [0.4, 0.5) is 20.2 Å². The van der Waals surface area contributed by atoms with Crippen LogP contribution in [0.1, 0.15) is 17.8 Å². The minimum Gasteiger partial charge on any atom is -0.391 e. The molecule has 5 nitrogen and oxygen atoms in total. The lowest BCUT2D eigenvalue weighted by Gasteiger charge is -2.05. The lowest BCUT2D eigenvalue weighted by atomic mass is 10.2. The van der Waals surface area contributed by atoms with E-state index in [2.05, 4.69) is 4.98 Å². The summed E-state index contributed by atoms with van der Waals surface area (Å²) >= 11 is 0. The van der Waals surface area contributed by atoms with Crippen molar-refractivity contribution in [1.82, 2.24) is 4.98 Å². The standard InChI is InChI=1S/C7H7F2N3O2/c1-3-2-4(12(13)14)5(10)6(11-3)7(8)9/h2,7H,10H2,1H3. The second kappa shape index (κ2) is 3.52. The molecule has 1 rings (SSSR count). The number of aryl methyl sites for hydroxylation is 1. The molecular formula is C7H7F2N3O2. The SMILES string of the molecule is Cc1cc([N+](=O)[O-])c(N)c(C(F)F)n1. The molecular weight excluding hydrogens is 196 g/mol. The van der Waals surface area contributed by atoms with Crippen LogP contribution in [0.2, 0.25) is 0 Å². The van der Waals surface area contributed by atoms with E-state index >= 15 is 0 Å². The number of nitrogen functional groups attached to an aromatic ring is 1. The maximum atomic E-state index is 12.3. The topological polar surface area (TPSA) is 82.0 Å². The van der Waals surface area contributed by atoms with Gasteiger partial charge < -0.3 is 5.73 Å². The molecule has 0 saturated heterocycles. The molecule has 7 heteroatoms. The molecule has 0 atom stereocenters. The third-order valence-corrected chi connectivity index (χ3v) is 1.60.